The third-order valence-corrected chi connectivity index (χ3v) is 5.41. The Morgan fingerprint density at radius 1 is 0.913 bits per heavy atom. The summed E-state index contributed by atoms with van der Waals surface area (Å²) in [5, 5.41) is 5.29. The van der Waals surface area contributed by atoms with E-state index in [9.17, 15) is 0 Å². The minimum absolute atomic E-state index is 0.810. The van der Waals surface area contributed by atoms with Crippen LogP contribution in [0.25, 0.3) is 21.5 Å². The summed E-state index contributed by atoms with van der Waals surface area (Å²) in [7, 11) is 0. The summed E-state index contributed by atoms with van der Waals surface area (Å²) < 4.78 is 0. The summed E-state index contributed by atoms with van der Waals surface area (Å²) in [5.41, 5.74) is 3.23. The third-order valence-electron chi connectivity index (χ3n) is 3.44. The van der Waals surface area contributed by atoms with Crippen molar-refractivity contribution in [1.82, 2.24) is 15.0 Å². The molecule has 0 aliphatic carbocycles. The first-order valence-corrected chi connectivity index (χ1v) is 9.09. The van der Waals surface area contributed by atoms with E-state index in [0.29, 0.717) is 0 Å². The molecule has 112 valence electrons. The lowest BCUT2D eigenvalue weighted by Gasteiger charge is -2.03. The van der Waals surface area contributed by atoms with Crippen molar-refractivity contribution in [3.63, 3.8) is 0 Å². The molecular weight excluding hydrogens is 322 g/mol. The fraction of sp³-hybridized carbons (Fsp3) is 0.0556. The van der Waals surface area contributed by atoms with Gasteiger partial charge in [0.2, 0.25) is 0 Å². The number of hydrogen-bond acceptors (Lipinski definition) is 5. The molecular formula is C18H13N3S2. The molecule has 0 unspecified atom stereocenters. The maximum Gasteiger partial charge on any atom is 0.123 e. The van der Waals surface area contributed by atoms with Gasteiger partial charge in [0.25, 0.3) is 0 Å². The molecule has 2 aromatic carbocycles. The highest BCUT2D eigenvalue weighted by molar-refractivity contribution is 7.98. The van der Waals surface area contributed by atoms with E-state index in [2.05, 4.69) is 33.5 Å². The minimum atomic E-state index is 0.810. The van der Waals surface area contributed by atoms with Gasteiger partial charge in [0.1, 0.15) is 16.4 Å². The molecule has 3 nitrogen and oxygen atoms in total. The first kappa shape index (κ1) is 14.4. The number of hydrogen-bond donors (Lipinski definition) is 0. The van der Waals surface area contributed by atoms with Crippen molar-refractivity contribution in [2.45, 2.75) is 10.8 Å². The fourth-order valence-corrected chi connectivity index (χ4v) is 4.14. The highest BCUT2D eigenvalue weighted by Crippen LogP contribution is 2.29. The fourth-order valence-electron chi connectivity index (χ4n) is 2.32. The number of fused-ring (bicyclic) bond motifs is 1. The molecule has 23 heavy (non-hydrogen) atoms. The van der Waals surface area contributed by atoms with Crippen LogP contribution in [0.15, 0.2) is 71.3 Å². The van der Waals surface area contributed by atoms with E-state index in [4.69, 9.17) is 4.98 Å². The molecule has 0 bridgehead atoms. The molecule has 5 heteroatoms. The van der Waals surface area contributed by atoms with E-state index in [-0.39, 0.29) is 0 Å². The van der Waals surface area contributed by atoms with Gasteiger partial charge in [0, 0.05) is 22.1 Å². The average Bonchev–Trinajstić information content (AvgIpc) is 3.10. The van der Waals surface area contributed by atoms with E-state index in [1.807, 2.05) is 36.4 Å². The van der Waals surface area contributed by atoms with Gasteiger partial charge in [-0.05, 0) is 6.07 Å². The smallest absolute Gasteiger partial charge is 0.123 e. The lowest BCUT2D eigenvalue weighted by molar-refractivity contribution is 1.10. The third kappa shape index (κ3) is 3.11. The Balaban J connectivity index is 1.54. The largest absolute Gasteiger partial charge is 0.240 e. The first-order chi connectivity index (χ1) is 11.4. The van der Waals surface area contributed by atoms with Crippen LogP contribution in [0.2, 0.25) is 0 Å². The van der Waals surface area contributed by atoms with Crippen LogP contribution in [-0.2, 0) is 5.75 Å². The van der Waals surface area contributed by atoms with Gasteiger partial charge in [-0.3, -0.25) is 0 Å². The Labute approximate surface area is 142 Å². The van der Waals surface area contributed by atoms with Crippen molar-refractivity contribution in [2.24, 2.45) is 0 Å². The maximum absolute atomic E-state index is 4.73. The van der Waals surface area contributed by atoms with E-state index in [1.165, 1.54) is 5.56 Å². The van der Waals surface area contributed by atoms with Crippen molar-refractivity contribution < 1.29 is 0 Å². The Kier molecular flexibility index (Phi) is 4.05. The predicted octanol–water partition coefficient (Wildman–Crippen LogP) is 5.05. The predicted molar refractivity (Wildman–Crippen MR) is 96.6 cm³/mol. The van der Waals surface area contributed by atoms with Gasteiger partial charge in [-0.15, -0.1) is 11.3 Å². The monoisotopic (exact) mass is 335 g/mol. The lowest BCUT2D eigenvalue weighted by Crippen LogP contribution is -1.88. The van der Waals surface area contributed by atoms with Crippen LogP contribution >= 0.6 is 23.1 Å². The lowest BCUT2D eigenvalue weighted by atomic mass is 10.2. The summed E-state index contributed by atoms with van der Waals surface area (Å²) >= 11 is 3.39. The number of nitrogens with zero attached hydrogens (tertiary/aromatic N) is 3. The Bertz CT molecular complexity index is 930. The van der Waals surface area contributed by atoms with Crippen LogP contribution in [0.1, 0.15) is 5.69 Å². The zero-order valence-corrected chi connectivity index (χ0v) is 13.8. The first-order valence-electron chi connectivity index (χ1n) is 7.22. The summed E-state index contributed by atoms with van der Waals surface area (Å²) in [4.78, 5) is 13.4. The standard InChI is InChI=1S/C18H13N3S2/c1-2-6-13(7-3-1)17-21-14(10-22-17)11-23-18-15-8-4-5-9-16(15)19-12-20-18/h1-10,12H,11H2. The minimum Gasteiger partial charge on any atom is -0.240 e. The molecule has 0 radical (unpaired) electrons. The van der Waals surface area contributed by atoms with E-state index in [0.717, 1.165) is 32.4 Å². The van der Waals surface area contributed by atoms with Crippen LogP contribution in [0.5, 0.6) is 0 Å². The zero-order valence-electron chi connectivity index (χ0n) is 12.2. The summed E-state index contributed by atoms with van der Waals surface area (Å²) in [6.07, 6.45) is 1.63. The molecule has 0 aliphatic rings. The van der Waals surface area contributed by atoms with Crippen molar-refractivity contribution >= 4 is 34.0 Å². The Morgan fingerprint density at radius 3 is 2.65 bits per heavy atom. The number of benzene rings is 2. The van der Waals surface area contributed by atoms with E-state index < -0.39 is 0 Å². The van der Waals surface area contributed by atoms with Crippen molar-refractivity contribution in [3.05, 3.63) is 72.0 Å². The molecule has 0 fully saturated rings. The van der Waals surface area contributed by atoms with Gasteiger partial charge < -0.3 is 0 Å². The van der Waals surface area contributed by atoms with Crippen LogP contribution in [0, 0.1) is 0 Å². The number of thiazole rings is 1. The number of aromatic nitrogens is 3. The van der Waals surface area contributed by atoms with Gasteiger partial charge in [-0.2, -0.15) is 0 Å². The maximum atomic E-state index is 4.73. The SMILES string of the molecule is c1ccc(-c2nc(CSc3ncnc4ccccc34)cs2)cc1. The van der Waals surface area contributed by atoms with Crippen LogP contribution in [0.4, 0.5) is 0 Å². The van der Waals surface area contributed by atoms with E-state index in [1.54, 1.807) is 29.4 Å². The summed E-state index contributed by atoms with van der Waals surface area (Å²) in [6.45, 7) is 0. The Morgan fingerprint density at radius 2 is 1.74 bits per heavy atom. The van der Waals surface area contributed by atoms with Crippen LogP contribution in [-0.4, -0.2) is 15.0 Å². The molecule has 2 heterocycles. The second-order valence-electron chi connectivity index (χ2n) is 4.99. The molecule has 0 aliphatic heterocycles. The highest BCUT2D eigenvalue weighted by Gasteiger charge is 2.07. The molecule has 0 amide bonds. The molecule has 4 rings (SSSR count). The van der Waals surface area contributed by atoms with E-state index >= 15 is 0 Å². The van der Waals surface area contributed by atoms with Gasteiger partial charge in [0.05, 0.1) is 11.2 Å². The molecule has 0 saturated carbocycles. The average molecular weight is 335 g/mol. The normalized spacial score (nSPS) is 11.0. The molecule has 0 saturated heterocycles. The summed E-state index contributed by atoms with van der Waals surface area (Å²) in [6, 6.07) is 18.4. The zero-order chi connectivity index (χ0) is 15.5. The molecule has 4 aromatic rings. The van der Waals surface area contributed by atoms with Gasteiger partial charge in [0.15, 0.2) is 0 Å². The van der Waals surface area contributed by atoms with Crippen molar-refractivity contribution in [3.8, 4) is 10.6 Å². The van der Waals surface area contributed by atoms with Crippen molar-refractivity contribution in [1.29, 1.82) is 0 Å². The number of thioether (sulfide) groups is 1. The summed E-state index contributed by atoms with van der Waals surface area (Å²) in [5.74, 6) is 0.810. The van der Waals surface area contributed by atoms with Gasteiger partial charge >= 0.3 is 0 Å². The second kappa shape index (κ2) is 6.48. The number of rotatable bonds is 4. The molecule has 0 atom stereocenters. The Hall–Kier alpha value is -2.24. The van der Waals surface area contributed by atoms with Crippen LogP contribution < -0.4 is 0 Å². The quantitative estimate of drug-likeness (QED) is 0.386. The molecule has 2 aromatic heterocycles. The second-order valence-corrected chi connectivity index (χ2v) is 6.82. The molecule has 0 N–H and O–H groups in total. The van der Waals surface area contributed by atoms with Crippen molar-refractivity contribution in [2.75, 3.05) is 0 Å². The van der Waals surface area contributed by atoms with Gasteiger partial charge in [-0.25, -0.2) is 15.0 Å². The topological polar surface area (TPSA) is 38.7 Å². The van der Waals surface area contributed by atoms with Gasteiger partial charge in [-0.1, -0.05) is 60.3 Å². The molecule has 0 spiro atoms. The van der Waals surface area contributed by atoms with Crippen LogP contribution in [0.3, 0.4) is 0 Å². The number of para-hydroxylation sites is 1. The highest BCUT2D eigenvalue weighted by atomic mass is 32.2.